The van der Waals surface area contributed by atoms with Crippen LogP contribution in [0.4, 0.5) is 5.69 Å². The maximum atomic E-state index is 12.9. The van der Waals surface area contributed by atoms with Gasteiger partial charge in [0.2, 0.25) is 10.0 Å². The third-order valence-corrected chi connectivity index (χ3v) is 6.78. The summed E-state index contributed by atoms with van der Waals surface area (Å²) < 4.78 is 26.0. The highest BCUT2D eigenvalue weighted by Crippen LogP contribution is 2.39. The lowest BCUT2D eigenvalue weighted by Gasteiger charge is -2.44. The average molecular weight is 365 g/mol. The Labute approximate surface area is 150 Å². The number of carbonyl (C=O) groups is 1. The highest BCUT2D eigenvalue weighted by Gasteiger charge is 2.48. The second kappa shape index (κ2) is 6.61. The number of carbonyl (C=O) groups excluding carboxylic acids is 1. The predicted molar refractivity (Wildman–Crippen MR) is 99.4 cm³/mol. The molecule has 1 atom stereocenters. The molecule has 1 amide bonds. The number of hydrogen-bond donors (Lipinski definition) is 0. The van der Waals surface area contributed by atoms with Gasteiger partial charge in [0.15, 0.2) is 0 Å². The topological polar surface area (TPSA) is 60.9 Å². The van der Waals surface area contributed by atoms with Crippen molar-refractivity contribution >= 4 is 21.6 Å². The Morgan fingerprint density at radius 1 is 1.08 bits per heavy atom. The number of nitrogens with zero attached hydrogens (tertiary/aromatic N) is 3. The molecule has 0 aromatic heterocycles. The van der Waals surface area contributed by atoms with E-state index in [1.165, 1.54) is 6.26 Å². The van der Waals surface area contributed by atoms with Crippen LogP contribution >= 0.6 is 0 Å². The van der Waals surface area contributed by atoms with E-state index in [2.05, 4.69) is 0 Å². The van der Waals surface area contributed by atoms with E-state index in [4.69, 9.17) is 0 Å². The molecule has 6 nitrogen and oxygen atoms in total. The van der Waals surface area contributed by atoms with Crippen molar-refractivity contribution in [2.45, 2.75) is 31.2 Å². The molecule has 2 saturated heterocycles. The van der Waals surface area contributed by atoms with Crippen molar-refractivity contribution in [1.82, 2.24) is 9.21 Å². The van der Waals surface area contributed by atoms with E-state index in [1.54, 1.807) is 4.31 Å². The Hall–Kier alpha value is -1.60. The van der Waals surface area contributed by atoms with E-state index >= 15 is 0 Å². The first kappa shape index (κ1) is 18.2. The molecule has 7 heteroatoms. The van der Waals surface area contributed by atoms with E-state index in [0.717, 1.165) is 31.4 Å². The van der Waals surface area contributed by atoms with Crippen molar-refractivity contribution in [2.75, 3.05) is 44.9 Å². The number of benzene rings is 1. The first-order valence-corrected chi connectivity index (χ1v) is 10.6. The van der Waals surface area contributed by atoms with Crippen LogP contribution in [0.25, 0.3) is 0 Å². The zero-order valence-corrected chi connectivity index (χ0v) is 16.1. The molecule has 1 unspecified atom stereocenters. The van der Waals surface area contributed by atoms with Crippen molar-refractivity contribution in [3.8, 4) is 0 Å². The molecular weight excluding hydrogens is 338 g/mol. The van der Waals surface area contributed by atoms with Crippen LogP contribution in [-0.2, 0) is 10.0 Å². The minimum Gasteiger partial charge on any atom is -0.378 e. The van der Waals surface area contributed by atoms with Gasteiger partial charge in [0.25, 0.3) is 5.91 Å². The second-order valence-corrected chi connectivity index (χ2v) is 9.34. The molecule has 0 aliphatic carbocycles. The summed E-state index contributed by atoms with van der Waals surface area (Å²) in [6.45, 7) is 1.75. The highest BCUT2D eigenvalue weighted by atomic mass is 32.2. The number of rotatable bonds is 3. The summed E-state index contributed by atoms with van der Waals surface area (Å²) in [6.07, 6.45) is 4.66. The maximum Gasteiger partial charge on any atom is 0.253 e. The van der Waals surface area contributed by atoms with Gasteiger partial charge in [0.1, 0.15) is 0 Å². The van der Waals surface area contributed by atoms with E-state index in [1.807, 2.05) is 48.2 Å². The smallest absolute Gasteiger partial charge is 0.253 e. The lowest BCUT2D eigenvalue weighted by atomic mass is 9.87. The number of sulfonamides is 1. The van der Waals surface area contributed by atoms with Crippen molar-refractivity contribution in [3.05, 3.63) is 29.8 Å². The summed E-state index contributed by atoms with van der Waals surface area (Å²) >= 11 is 0. The van der Waals surface area contributed by atoms with E-state index in [0.29, 0.717) is 25.2 Å². The third-order valence-electron chi connectivity index (χ3n) is 5.41. The molecule has 3 rings (SSSR count). The highest BCUT2D eigenvalue weighted by molar-refractivity contribution is 7.88. The molecule has 138 valence electrons. The maximum absolute atomic E-state index is 12.9. The van der Waals surface area contributed by atoms with Crippen LogP contribution in [0.15, 0.2) is 24.3 Å². The summed E-state index contributed by atoms with van der Waals surface area (Å²) in [7, 11) is 0.677. The zero-order chi connectivity index (χ0) is 18.2. The van der Waals surface area contributed by atoms with Gasteiger partial charge in [-0.15, -0.1) is 0 Å². The molecule has 0 N–H and O–H groups in total. The van der Waals surface area contributed by atoms with Crippen LogP contribution < -0.4 is 4.90 Å². The van der Waals surface area contributed by atoms with Crippen LogP contribution in [0.3, 0.4) is 0 Å². The fourth-order valence-electron chi connectivity index (χ4n) is 4.21. The normalized spacial score (nSPS) is 24.7. The summed E-state index contributed by atoms with van der Waals surface area (Å²) in [6, 6.07) is 7.57. The fraction of sp³-hybridized carbons (Fsp3) is 0.611. The second-order valence-electron chi connectivity index (χ2n) is 7.43. The first-order valence-electron chi connectivity index (χ1n) is 8.77. The lowest BCUT2D eigenvalue weighted by Crippen LogP contribution is -2.58. The average Bonchev–Trinajstić information content (AvgIpc) is 2.97. The largest absolute Gasteiger partial charge is 0.378 e. The molecule has 2 fully saturated rings. The summed E-state index contributed by atoms with van der Waals surface area (Å²) in [5, 5.41) is 0. The monoisotopic (exact) mass is 365 g/mol. The van der Waals surface area contributed by atoms with E-state index in [-0.39, 0.29) is 5.91 Å². The number of anilines is 1. The summed E-state index contributed by atoms with van der Waals surface area (Å²) in [5.74, 6) is -0.00951. The van der Waals surface area contributed by atoms with Gasteiger partial charge in [-0.1, -0.05) is 0 Å². The molecule has 2 heterocycles. The van der Waals surface area contributed by atoms with Crippen LogP contribution in [0, 0.1) is 0 Å². The first-order chi connectivity index (χ1) is 11.7. The molecule has 25 heavy (non-hydrogen) atoms. The molecule has 1 aromatic carbocycles. The Morgan fingerprint density at radius 3 is 2.24 bits per heavy atom. The number of likely N-dealkylation sites (tertiary alicyclic amines) is 1. The summed E-state index contributed by atoms with van der Waals surface area (Å²) in [5.41, 5.74) is 1.29. The Balaban J connectivity index is 1.80. The van der Waals surface area contributed by atoms with Gasteiger partial charge in [-0.3, -0.25) is 4.79 Å². The molecule has 2 aliphatic heterocycles. The fourth-order valence-corrected chi connectivity index (χ4v) is 5.61. The number of hydrogen-bond acceptors (Lipinski definition) is 4. The van der Waals surface area contributed by atoms with Gasteiger partial charge >= 0.3 is 0 Å². The van der Waals surface area contributed by atoms with Gasteiger partial charge < -0.3 is 9.80 Å². The van der Waals surface area contributed by atoms with Crippen LogP contribution in [0.1, 0.15) is 36.0 Å². The number of amides is 1. The van der Waals surface area contributed by atoms with Crippen LogP contribution in [0.2, 0.25) is 0 Å². The lowest BCUT2D eigenvalue weighted by molar-refractivity contribution is 0.0524. The summed E-state index contributed by atoms with van der Waals surface area (Å²) in [4.78, 5) is 16.7. The molecule has 0 radical (unpaired) electrons. The van der Waals surface area contributed by atoms with Gasteiger partial charge in [0.05, 0.1) is 11.8 Å². The Bertz CT molecular complexity index is 745. The molecular formula is C18H27N3O3S. The molecule has 0 saturated carbocycles. The molecule has 1 aromatic rings. The van der Waals surface area contributed by atoms with Gasteiger partial charge in [-0.25, -0.2) is 8.42 Å². The van der Waals surface area contributed by atoms with Crippen LogP contribution in [-0.4, -0.2) is 69.1 Å². The van der Waals surface area contributed by atoms with Crippen molar-refractivity contribution in [3.63, 3.8) is 0 Å². The van der Waals surface area contributed by atoms with E-state index in [9.17, 15) is 13.2 Å². The minimum atomic E-state index is -3.25. The standard InChI is InChI=1S/C18H27N3O3S/c1-19(2)16-8-6-15(7-9-16)17(22)20-12-4-10-18(14-20)11-5-13-21(18)25(3,23)24/h6-9H,4-5,10-14H2,1-3H3. The predicted octanol–water partition coefficient (Wildman–Crippen LogP) is 1.78. The van der Waals surface area contributed by atoms with Gasteiger partial charge in [-0.2, -0.15) is 4.31 Å². The molecule has 2 aliphatic rings. The van der Waals surface area contributed by atoms with Gasteiger partial charge in [0, 0.05) is 45.0 Å². The van der Waals surface area contributed by atoms with Crippen molar-refractivity contribution in [2.24, 2.45) is 0 Å². The molecule has 0 bridgehead atoms. The van der Waals surface area contributed by atoms with E-state index < -0.39 is 15.6 Å². The van der Waals surface area contributed by atoms with Crippen LogP contribution in [0.5, 0.6) is 0 Å². The minimum absolute atomic E-state index is 0.00951. The SMILES string of the molecule is CN(C)c1ccc(C(=O)N2CCCC3(CCCN3S(C)(=O)=O)C2)cc1. The van der Waals surface area contributed by atoms with Crippen molar-refractivity contribution in [1.29, 1.82) is 0 Å². The van der Waals surface area contributed by atoms with Gasteiger partial charge in [-0.05, 0) is 49.9 Å². The third kappa shape index (κ3) is 3.53. The van der Waals surface area contributed by atoms with Crippen molar-refractivity contribution < 1.29 is 13.2 Å². The molecule has 1 spiro atoms. The zero-order valence-electron chi connectivity index (χ0n) is 15.2. The Kier molecular flexibility index (Phi) is 4.81. The quantitative estimate of drug-likeness (QED) is 0.819. The Morgan fingerprint density at radius 2 is 1.68 bits per heavy atom. The number of piperidine rings is 1.